The van der Waals surface area contributed by atoms with Crippen LogP contribution in [0.5, 0.6) is 0 Å². The molecule has 338 valence electrons. The summed E-state index contributed by atoms with van der Waals surface area (Å²) in [6.45, 7) is 3.51. The van der Waals surface area contributed by atoms with Crippen LogP contribution in [0, 0.1) is 0 Å². The van der Waals surface area contributed by atoms with Crippen molar-refractivity contribution >= 4 is 19.8 Å². The van der Waals surface area contributed by atoms with Crippen LogP contribution in [0.3, 0.4) is 0 Å². The van der Waals surface area contributed by atoms with Gasteiger partial charge in [-0.15, -0.1) is 0 Å². The Kier molecular flexibility index (Phi) is 36.5. The largest absolute Gasteiger partial charge is 0.469 e. The van der Waals surface area contributed by atoms with E-state index >= 15 is 0 Å². The van der Waals surface area contributed by atoms with Crippen LogP contribution in [0.1, 0.15) is 194 Å². The lowest BCUT2D eigenvalue weighted by Gasteiger charge is -2.18. The molecule has 0 radical (unpaired) electrons. The first-order valence-corrected chi connectivity index (χ1v) is 24.9. The number of ether oxygens (including phenoxy) is 3. The van der Waals surface area contributed by atoms with Gasteiger partial charge in [0.05, 0.1) is 18.8 Å². The number of hydrogen-bond acceptors (Lipinski definition) is 7. The summed E-state index contributed by atoms with van der Waals surface area (Å²) < 4.78 is 32.1. The molecular formula is C49H83O9P. The molecule has 1 aliphatic heterocycles. The number of carbonyl (C=O) groups excluding carboxylic acids is 2. The SMILES string of the molecule is CC/C=C\CC1OC1C/C=C\C/C=C\C/C=C\C/C=C\CCC(=O)O[C@H](COC(=O)CCCCCCCCCCCCC/C=C\CCCCCCCC)COP(=O)(O)O. The standard InChI is InChI=1S/C49H83O9P/c1-3-5-7-8-9-10-11-12-13-14-15-16-17-18-19-20-24-27-30-33-37-41-48(50)55-43-45(44-56-59(52,53)54)57-49(51)42-38-34-31-28-25-22-21-23-26-29-32-36-40-47-46(58-47)39-35-6-4-2/h6,12-13,22-23,25-26,31-32,34-36,45-47H,3-5,7-11,14-21,24,27-30,33,37-44H2,1-2H3,(H2,52,53,54)/b13-12-,25-22-,26-23-,34-31-,35-6-,36-32-/t45-,46?,47?/m1/s1. The molecule has 0 aliphatic carbocycles. The van der Waals surface area contributed by atoms with Gasteiger partial charge in [-0.3, -0.25) is 14.1 Å². The van der Waals surface area contributed by atoms with Crippen LogP contribution in [0.15, 0.2) is 72.9 Å². The average molecular weight is 847 g/mol. The molecule has 0 saturated carbocycles. The molecule has 1 saturated heterocycles. The summed E-state index contributed by atoms with van der Waals surface area (Å²) in [6, 6.07) is 0. The topological polar surface area (TPSA) is 132 Å². The van der Waals surface area contributed by atoms with E-state index in [9.17, 15) is 14.2 Å². The normalized spacial score (nSPS) is 16.5. The van der Waals surface area contributed by atoms with Crippen molar-refractivity contribution < 1.29 is 42.7 Å². The number of unbranched alkanes of at least 4 members (excludes halogenated alkanes) is 17. The van der Waals surface area contributed by atoms with E-state index in [2.05, 4.69) is 79.1 Å². The highest BCUT2D eigenvalue weighted by Gasteiger charge is 2.36. The van der Waals surface area contributed by atoms with Gasteiger partial charge >= 0.3 is 19.8 Å². The highest BCUT2D eigenvalue weighted by atomic mass is 31.2. The predicted molar refractivity (Wildman–Crippen MR) is 243 cm³/mol. The van der Waals surface area contributed by atoms with Crippen molar-refractivity contribution in [2.24, 2.45) is 0 Å². The van der Waals surface area contributed by atoms with Crippen LogP contribution < -0.4 is 0 Å². The summed E-state index contributed by atoms with van der Waals surface area (Å²) in [5.41, 5.74) is 0. The van der Waals surface area contributed by atoms with E-state index in [1.807, 2.05) is 12.2 Å². The average Bonchev–Trinajstić information content (AvgIpc) is 3.97. The first kappa shape index (κ1) is 54.5. The molecule has 1 aliphatic rings. The van der Waals surface area contributed by atoms with Crippen LogP contribution in [-0.2, 0) is 32.9 Å². The molecule has 3 atom stereocenters. The molecule has 0 amide bonds. The Hall–Kier alpha value is -2.55. The molecule has 0 spiro atoms. The van der Waals surface area contributed by atoms with Gasteiger partial charge in [0, 0.05) is 12.8 Å². The Balaban J connectivity index is 2.06. The van der Waals surface area contributed by atoms with Gasteiger partial charge in [0.15, 0.2) is 6.10 Å². The second-order valence-electron chi connectivity index (χ2n) is 15.7. The quantitative estimate of drug-likeness (QED) is 0.0203. The van der Waals surface area contributed by atoms with Gasteiger partial charge in [0.25, 0.3) is 0 Å². The lowest BCUT2D eigenvalue weighted by Crippen LogP contribution is -2.29. The van der Waals surface area contributed by atoms with E-state index in [1.54, 1.807) is 0 Å². The van der Waals surface area contributed by atoms with Crippen molar-refractivity contribution in [1.82, 2.24) is 0 Å². The van der Waals surface area contributed by atoms with Gasteiger partial charge < -0.3 is 24.0 Å². The molecule has 0 bridgehead atoms. The van der Waals surface area contributed by atoms with Crippen molar-refractivity contribution in [3.63, 3.8) is 0 Å². The molecule has 1 heterocycles. The molecule has 1 fully saturated rings. The van der Waals surface area contributed by atoms with Gasteiger partial charge in [0.1, 0.15) is 6.61 Å². The van der Waals surface area contributed by atoms with Gasteiger partial charge in [0.2, 0.25) is 0 Å². The maximum atomic E-state index is 12.4. The lowest BCUT2D eigenvalue weighted by molar-refractivity contribution is -0.161. The van der Waals surface area contributed by atoms with Crippen LogP contribution >= 0.6 is 7.82 Å². The van der Waals surface area contributed by atoms with E-state index in [4.69, 9.17) is 24.0 Å². The minimum Gasteiger partial charge on any atom is -0.462 e. The smallest absolute Gasteiger partial charge is 0.462 e. The highest BCUT2D eigenvalue weighted by Crippen LogP contribution is 2.36. The number of phosphoric ester groups is 1. The molecule has 0 aromatic heterocycles. The Morgan fingerprint density at radius 1 is 0.542 bits per heavy atom. The number of epoxide rings is 1. The summed E-state index contributed by atoms with van der Waals surface area (Å²) in [5, 5.41) is 0. The second-order valence-corrected chi connectivity index (χ2v) is 17.0. The zero-order valence-electron chi connectivity index (χ0n) is 37.1. The summed E-state index contributed by atoms with van der Waals surface area (Å²) in [4.78, 5) is 43.0. The summed E-state index contributed by atoms with van der Waals surface area (Å²) >= 11 is 0. The van der Waals surface area contributed by atoms with E-state index in [0.29, 0.717) is 25.0 Å². The Morgan fingerprint density at radius 3 is 1.53 bits per heavy atom. The van der Waals surface area contributed by atoms with Crippen molar-refractivity contribution in [3.8, 4) is 0 Å². The van der Waals surface area contributed by atoms with Crippen LogP contribution in [0.4, 0.5) is 0 Å². The monoisotopic (exact) mass is 847 g/mol. The summed E-state index contributed by atoms with van der Waals surface area (Å²) in [7, 11) is -4.78. The lowest BCUT2D eigenvalue weighted by atomic mass is 10.0. The van der Waals surface area contributed by atoms with Gasteiger partial charge in [-0.2, -0.15) is 0 Å². The number of carbonyl (C=O) groups is 2. The highest BCUT2D eigenvalue weighted by molar-refractivity contribution is 7.46. The molecule has 9 nitrogen and oxygen atoms in total. The zero-order chi connectivity index (χ0) is 42.9. The third-order valence-electron chi connectivity index (χ3n) is 10.1. The summed E-state index contributed by atoms with van der Waals surface area (Å²) in [6.07, 6.45) is 55.4. The Labute approximate surface area is 359 Å². The number of esters is 2. The zero-order valence-corrected chi connectivity index (χ0v) is 38.0. The first-order valence-electron chi connectivity index (χ1n) is 23.4. The minimum absolute atomic E-state index is 0.0809. The number of phosphoric acid groups is 1. The fourth-order valence-electron chi connectivity index (χ4n) is 6.55. The van der Waals surface area contributed by atoms with Crippen molar-refractivity contribution in [1.29, 1.82) is 0 Å². The molecular weight excluding hydrogens is 764 g/mol. The van der Waals surface area contributed by atoms with E-state index in [0.717, 1.165) is 57.8 Å². The molecule has 0 aromatic carbocycles. The van der Waals surface area contributed by atoms with E-state index < -0.39 is 32.5 Å². The first-order chi connectivity index (χ1) is 28.7. The molecule has 59 heavy (non-hydrogen) atoms. The molecule has 0 aromatic rings. The van der Waals surface area contributed by atoms with E-state index in [1.165, 1.54) is 96.3 Å². The maximum Gasteiger partial charge on any atom is 0.469 e. The van der Waals surface area contributed by atoms with Gasteiger partial charge in [-0.1, -0.05) is 177 Å². The minimum atomic E-state index is -4.78. The third kappa shape index (κ3) is 39.3. The summed E-state index contributed by atoms with van der Waals surface area (Å²) in [5.74, 6) is -0.988. The van der Waals surface area contributed by atoms with Crippen molar-refractivity contribution in [2.75, 3.05) is 13.2 Å². The second kappa shape index (κ2) is 39.6. The Morgan fingerprint density at radius 2 is 1.00 bits per heavy atom. The third-order valence-corrected chi connectivity index (χ3v) is 10.6. The predicted octanol–water partition coefficient (Wildman–Crippen LogP) is 13.6. The maximum absolute atomic E-state index is 12.4. The van der Waals surface area contributed by atoms with Gasteiger partial charge in [-0.05, 0) is 77.0 Å². The molecule has 10 heteroatoms. The van der Waals surface area contributed by atoms with E-state index in [-0.39, 0.29) is 19.4 Å². The molecule has 2 unspecified atom stereocenters. The Bertz CT molecular complexity index is 1250. The van der Waals surface area contributed by atoms with Crippen LogP contribution in [-0.4, -0.2) is 53.3 Å². The number of hydrogen-bond donors (Lipinski definition) is 2. The van der Waals surface area contributed by atoms with Crippen molar-refractivity contribution in [2.45, 2.75) is 212 Å². The fraction of sp³-hybridized carbons (Fsp3) is 0.714. The van der Waals surface area contributed by atoms with Crippen molar-refractivity contribution in [3.05, 3.63) is 72.9 Å². The number of rotatable bonds is 41. The fourth-order valence-corrected chi connectivity index (χ4v) is 6.91. The van der Waals surface area contributed by atoms with Crippen LogP contribution in [0.25, 0.3) is 0 Å². The molecule has 1 rings (SSSR count). The van der Waals surface area contributed by atoms with Crippen LogP contribution in [0.2, 0.25) is 0 Å². The molecule has 2 N–H and O–H groups in total. The van der Waals surface area contributed by atoms with Gasteiger partial charge in [-0.25, -0.2) is 4.57 Å². The number of allylic oxidation sites excluding steroid dienone is 10.